The predicted octanol–water partition coefficient (Wildman–Crippen LogP) is 2.78. The highest BCUT2D eigenvalue weighted by atomic mass is 32.2. The third-order valence-electron chi connectivity index (χ3n) is 2.37. The fourth-order valence-corrected chi connectivity index (χ4v) is 2.13. The summed E-state index contributed by atoms with van der Waals surface area (Å²) in [6, 6.07) is 6.89. The molecule has 1 aliphatic rings. The molecule has 98 valence electrons. The standard InChI is InChI=1S/C13H12N2O3S/c1-2-11(16)18-9-5-3-8(4-6-9)7-10-12(14)15-13(17)19-10/h3-7H,2H2,1H3,(H2,14,15,17)/b10-7+. The van der Waals surface area contributed by atoms with E-state index in [1.165, 1.54) is 0 Å². The molecule has 1 aliphatic heterocycles. The van der Waals surface area contributed by atoms with Gasteiger partial charge in [-0.3, -0.25) is 15.0 Å². The van der Waals surface area contributed by atoms with Gasteiger partial charge in [-0.15, -0.1) is 0 Å². The van der Waals surface area contributed by atoms with E-state index in [4.69, 9.17) is 10.1 Å². The van der Waals surface area contributed by atoms with Crippen molar-refractivity contribution in [2.45, 2.75) is 13.3 Å². The molecule has 2 rings (SSSR count). The zero-order chi connectivity index (χ0) is 13.8. The van der Waals surface area contributed by atoms with Crippen LogP contribution in [0, 0.1) is 5.41 Å². The Morgan fingerprint density at radius 2 is 2.11 bits per heavy atom. The number of thioether (sulfide) groups is 1. The maximum atomic E-state index is 11.1. The lowest BCUT2D eigenvalue weighted by Gasteiger charge is -2.02. The first-order valence-electron chi connectivity index (χ1n) is 5.68. The van der Waals surface area contributed by atoms with Gasteiger partial charge in [-0.1, -0.05) is 19.1 Å². The van der Waals surface area contributed by atoms with Gasteiger partial charge in [0.15, 0.2) is 0 Å². The fraction of sp³-hybridized carbons (Fsp3) is 0.154. The lowest BCUT2D eigenvalue weighted by atomic mass is 10.2. The molecular formula is C13H12N2O3S. The Morgan fingerprint density at radius 3 is 2.63 bits per heavy atom. The normalized spacial score (nSPS) is 16.6. The van der Waals surface area contributed by atoms with Gasteiger partial charge in [-0.2, -0.15) is 0 Å². The first-order valence-corrected chi connectivity index (χ1v) is 6.50. The Hall–Kier alpha value is -2.08. The summed E-state index contributed by atoms with van der Waals surface area (Å²) in [5, 5.41) is 9.71. The topological polar surface area (TPSA) is 79.2 Å². The SMILES string of the molecule is CCC(=O)Oc1ccc(/C=C2/SC(=O)NC2=N)cc1. The average Bonchev–Trinajstić information content (AvgIpc) is 2.70. The summed E-state index contributed by atoms with van der Waals surface area (Å²) in [4.78, 5) is 22.8. The third kappa shape index (κ3) is 3.45. The molecule has 1 fully saturated rings. The van der Waals surface area contributed by atoms with Crippen LogP contribution in [0.4, 0.5) is 4.79 Å². The Balaban J connectivity index is 2.11. The number of carbonyl (C=O) groups is 2. The van der Waals surface area contributed by atoms with Crippen molar-refractivity contribution in [1.29, 1.82) is 5.41 Å². The minimum atomic E-state index is -0.283. The number of esters is 1. The van der Waals surface area contributed by atoms with Crippen LogP contribution in [0.2, 0.25) is 0 Å². The second kappa shape index (κ2) is 5.71. The van der Waals surface area contributed by atoms with Crippen molar-refractivity contribution in [1.82, 2.24) is 5.32 Å². The molecule has 0 atom stereocenters. The van der Waals surface area contributed by atoms with E-state index in [2.05, 4.69) is 5.32 Å². The Morgan fingerprint density at radius 1 is 1.42 bits per heavy atom. The van der Waals surface area contributed by atoms with Crippen molar-refractivity contribution in [3.8, 4) is 5.75 Å². The van der Waals surface area contributed by atoms with Gasteiger partial charge in [0.25, 0.3) is 5.24 Å². The summed E-state index contributed by atoms with van der Waals surface area (Å²) in [6.45, 7) is 1.73. The highest BCUT2D eigenvalue weighted by Crippen LogP contribution is 2.26. The average molecular weight is 276 g/mol. The van der Waals surface area contributed by atoms with Crippen LogP contribution in [-0.2, 0) is 4.79 Å². The van der Waals surface area contributed by atoms with Crippen LogP contribution >= 0.6 is 11.8 Å². The lowest BCUT2D eigenvalue weighted by molar-refractivity contribution is -0.134. The van der Waals surface area contributed by atoms with Crippen molar-refractivity contribution in [2.24, 2.45) is 0 Å². The molecule has 0 saturated carbocycles. The first-order chi connectivity index (χ1) is 9.08. The van der Waals surface area contributed by atoms with Crippen LogP contribution in [0.1, 0.15) is 18.9 Å². The van der Waals surface area contributed by atoms with Crippen molar-refractivity contribution in [2.75, 3.05) is 0 Å². The second-order valence-electron chi connectivity index (χ2n) is 3.79. The number of amidine groups is 1. The monoisotopic (exact) mass is 276 g/mol. The molecule has 1 amide bonds. The number of carbonyl (C=O) groups excluding carboxylic acids is 2. The van der Waals surface area contributed by atoms with Gasteiger partial charge in [0, 0.05) is 6.42 Å². The van der Waals surface area contributed by atoms with E-state index in [0.29, 0.717) is 17.1 Å². The van der Waals surface area contributed by atoms with E-state index < -0.39 is 0 Å². The van der Waals surface area contributed by atoms with Gasteiger partial charge >= 0.3 is 5.97 Å². The van der Waals surface area contributed by atoms with Crippen LogP contribution in [0.5, 0.6) is 5.75 Å². The molecule has 19 heavy (non-hydrogen) atoms. The molecule has 0 unspecified atom stereocenters. The smallest absolute Gasteiger partial charge is 0.310 e. The zero-order valence-electron chi connectivity index (χ0n) is 10.2. The van der Waals surface area contributed by atoms with E-state index in [9.17, 15) is 9.59 Å². The van der Waals surface area contributed by atoms with Crippen LogP contribution in [0.3, 0.4) is 0 Å². The van der Waals surface area contributed by atoms with E-state index >= 15 is 0 Å². The summed E-state index contributed by atoms with van der Waals surface area (Å²) in [5.74, 6) is 0.308. The van der Waals surface area contributed by atoms with Gasteiger partial charge < -0.3 is 10.1 Å². The van der Waals surface area contributed by atoms with Crippen molar-refractivity contribution in [3.63, 3.8) is 0 Å². The Labute approximate surface area is 114 Å². The largest absolute Gasteiger partial charge is 0.427 e. The van der Waals surface area contributed by atoms with Gasteiger partial charge in [0.1, 0.15) is 11.6 Å². The predicted molar refractivity (Wildman–Crippen MR) is 74.2 cm³/mol. The van der Waals surface area contributed by atoms with Crippen molar-refractivity contribution < 1.29 is 14.3 Å². The lowest BCUT2D eigenvalue weighted by Crippen LogP contribution is -2.17. The summed E-state index contributed by atoms with van der Waals surface area (Å²) in [7, 11) is 0. The van der Waals surface area contributed by atoms with Gasteiger partial charge in [-0.05, 0) is 35.5 Å². The Kier molecular flexibility index (Phi) is 4.01. The van der Waals surface area contributed by atoms with Crippen LogP contribution in [0.25, 0.3) is 6.08 Å². The highest BCUT2D eigenvalue weighted by Gasteiger charge is 2.21. The van der Waals surface area contributed by atoms with E-state index in [-0.39, 0.29) is 17.0 Å². The molecule has 6 heteroatoms. The second-order valence-corrected chi connectivity index (χ2v) is 4.81. The third-order valence-corrected chi connectivity index (χ3v) is 3.20. The summed E-state index contributed by atoms with van der Waals surface area (Å²) < 4.78 is 5.05. The number of amides is 1. The summed E-state index contributed by atoms with van der Waals surface area (Å²) in [6.07, 6.45) is 2.06. The minimum Gasteiger partial charge on any atom is -0.427 e. The summed E-state index contributed by atoms with van der Waals surface area (Å²) >= 11 is 0.988. The molecule has 1 aromatic rings. The summed E-state index contributed by atoms with van der Waals surface area (Å²) in [5.41, 5.74) is 0.833. The van der Waals surface area contributed by atoms with Gasteiger partial charge in [0.05, 0.1) is 4.91 Å². The van der Waals surface area contributed by atoms with E-state index in [0.717, 1.165) is 17.3 Å². The fourth-order valence-electron chi connectivity index (χ4n) is 1.43. The van der Waals surface area contributed by atoms with Crippen LogP contribution in [0.15, 0.2) is 29.2 Å². The maximum absolute atomic E-state index is 11.1. The van der Waals surface area contributed by atoms with Gasteiger partial charge in [0.2, 0.25) is 0 Å². The molecule has 0 bridgehead atoms. The quantitative estimate of drug-likeness (QED) is 0.657. The van der Waals surface area contributed by atoms with Crippen molar-refractivity contribution in [3.05, 3.63) is 34.7 Å². The molecule has 1 saturated heterocycles. The Bertz CT molecular complexity index is 564. The molecule has 2 N–H and O–H groups in total. The molecule has 0 spiro atoms. The molecule has 1 heterocycles. The van der Waals surface area contributed by atoms with Crippen LogP contribution in [-0.4, -0.2) is 17.0 Å². The van der Waals surface area contributed by atoms with E-state index in [1.54, 1.807) is 37.3 Å². The number of ether oxygens (including phenoxy) is 1. The molecule has 1 aromatic carbocycles. The molecular weight excluding hydrogens is 264 g/mol. The maximum Gasteiger partial charge on any atom is 0.310 e. The molecule has 0 radical (unpaired) electrons. The molecule has 0 aromatic heterocycles. The molecule has 5 nitrogen and oxygen atoms in total. The number of nitrogens with one attached hydrogen (secondary N) is 2. The van der Waals surface area contributed by atoms with E-state index in [1.807, 2.05) is 0 Å². The number of rotatable bonds is 3. The van der Waals surface area contributed by atoms with Gasteiger partial charge in [-0.25, -0.2) is 0 Å². The highest BCUT2D eigenvalue weighted by molar-refractivity contribution is 8.18. The minimum absolute atomic E-state index is 0.108. The molecule has 0 aliphatic carbocycles. The first kappa shape index (κ1) is 13.4. The zero-order valence-corrected chi connectivity index (χ0v) is 11.0. The number of hydrogen-bond donors (Lipinski definition) is 2. The number of benzene rings is 1. The van der Waals surface area contributed by atoms with Crippen molar-refractivity contribution >= 4 is 34.9 Å². The van der Waals surface area contributed by atoms with Crippen LogP contribution < -0.4 is 10.1 Å². The number of hydrogen-bond acceptors (Lipinski definition) is 5.